The summed E-state index contributed by atoms with van der Waals surface area (Å²) in [5.41, 5.74) is 1.18. The van der Waals surface area contributed by atoms with Crippen molar-refractivity contribution < 1.29 is 14.3 Å². The molecule has 0 atom stereocenters. The first kappa shape index (κ1) is 16.0. The molecule has 0 heterocycles. The molecule has 1 aromatic rings. The third-order valence-corrected chi connectivity index (χ3v) is 2.85. The lowest BCUT2D eigenvalue weighted by Crippen LogP contribution is -2.33. The fraction of sp³-hybridized carbons (Fsp3) is 0.467. The highest BCUT2D eigenvalue weighted by atomic mass is 16.5. The van der Waals surface area contributed by atoms with E-state index in [9.17, 15) is 9.59 Å². The molecule has 110 valence electrons. The van der Waals surface area contributed by atoms with Gasteiger partial charge in [-0.1, -0.05) is 17.7 Å². The molecule has 0 aliphatic heterocycles. The smallest absolute Gasteiger partial charge is 0.224 e. The molecule has 0 aliphatic rings. The van der Waals surface area contributed by atoms with Gasteiger partial charge in [0.25, 0.3) is 0 Å². The van der Waals surface area contributed by atoms with Crippen molar-refractivity contribution in [3.8, 4) is 5.75 Å². The molecular weight excluding hydrogens is 256 g/mol. The van der Waals surface area contributed by atoms with Crippen molar-refractivity contribution in [2.75, 3.05) is 26.7 Å². The third-order valence-electron chi connectivity index (χ3n) is 2.85. The first-order valence-corrected chi connectivity index (χ1v) is 6.67. The van der Waals surface area contributed by atoms with Gasteiger partial charge in [-0.05, 0) is 19.1 Å². The second-order valence-electron chi connectivity index (χ2n) is 4.71. The molecule has 1 rings (SSSR count). The van der Waals surface area contributed by atoms with Crippen molar-refractivity contribution in [1.29, 1.82) is 0 Å². The summed E-state index contributed by atoms with van der Waals surface area (Å²) in [4.78, 5) is 24.0. The van der Waals surface area contributed by atoms with Gasteiger partial charge in [0.15, 0.2) is 0 Å². The second kappa shape index (κ2) is 8.19. The molecule has 0 unspecified atom stereocenters. The average molecular weight is 278 g/mol. The summed E-state index contributed by atoms with van der Waals surface area (Å²) < 4.78 is 5.56. The lowest BCUT2D eigenvalue weighted by atomic mass is 10.2. The standard InChI is InChI=1S/C15H22N2O3/c1-12-4-6-14(7-5-12)20-11-10-17(3)15(19)8-9-16-13(2)18/h4-7H,8-11H2,1-3H3,(H,16,18). The SMILES string of the molecule is CC(=O)NCCC(=O)N(C)CCOc1ccc(C)cc1. The minimum Gasteiger partial charge on any atom is -0.492 e. The summed E-state index contributed by atoms with van der Waals surface area (Å²) in [6, 6.07) is 7.79. The first-order chi connectivity index (χ1) is 9.49. The molecule has 5 nitrogen and oxygen atoms in total. The fourth-order valence-corrected chi connectivity index (χ4v) is 1.60. The summed E-state index contributed by atoms with van der Waals surface area (Å²) in [6.07, 6.45) is 0.306. The number of ether oxygens (including phenoxy) is 1. The Balaban J connectivity index is 2.21. The Kier molecular flexibility index (Phi) is 6.56. The molecule has 0 spiro atoms. The topological polar surface area (TPSA) is 58.6 Å². The zero-order valence-electron chi connectivity index (χ0n) is 12.3. The number of hydrogen-bond acceptors (Lipinski definition) is 3. The van der Waals surface area contributed by atoms with Crippen molar-refractivity contribution in [1.82, 2.24) is 10.2 Å². The van der Waals surface area contributed by atoms with Gasteiger partial charge >= 0.3 is 0 Å². The Morgan fingerprint density at radius 3 is 2.50 bits per heavy atom. The molecule has 0 aromatic heterocycles. The molecule has 0 saturated heterocycles. The van der Waals surface area contributed by atoms with Gasteiger partial charge in [-0.15, -0.1) is 0 Å². The zero-order chi connectivity index (χ0) is 15.0. The number of aryl methyl sites for hydroxylation is 1. The van der Waals surface area contributed by atoms with Gasteiger partial charge in [-0.3, -0.25) is 9.59 Å². The van der Waals surface area contributed by atoms with Gasteiger partial charge in [-0.2, -0.15) is 0 Å². The Hall–Kier alpha value is -2.04. The number of nitrogens with zero attached hydrogens (tertiary/aromatic N) is 1. The summed E-state index contributed by atoms with van der Waals surface area (Å²) in [5.74, 6) is 0.670. The summed E-state index contributed by atoms with van der Waals surface area (Å²) in [6.45, 7) is 4.80. The molecule has 0 fully saturated rings. The second-order valence-corrected chi connectivity index (χ2v) is 4.71. The molecule has 0 aliphatic carbocycles. The lowest BCUT2D eigenvalue weighted by molar-refractivity contribution is -0.130. The molecule has 2 amide bonds. The van der Waals surface area contributed by atoms with E-state index in [4.69, 9.17) is 4.74 Å². The van der Waals surface area contributed by atoms with Crippen LogP contribution in [-0.2, 0) is 9.59 Å². The Morgan fingerprint density at radius 1 is 1.25 bits per heavy atom. The van der Waals surface area contributed by atoms with E-state index in [1.54, 1.807) is 11.9 Å². The van der Waals surface area contributed by atoms with E-state index >= 15 is 0 Å². The van der Waals surface area contributed by atoms with E-state index in [1.165, 1.54) is 12.5 Å². The van der Waals surface area contributed by atoms with Crippen LogP contribution in [0.15, 0.2) is 24.3 Å². The number of amides is 2. The maximum absolute atomic E-state index is 11.7. The van der Waals surface area contributed by atoms with Crippen LogP contribution in [0.1, 0.15) is 18.9 Å². The minimum absolute atomic E-state index is 0.00810. The normalized spacial score (nSPS) is 9.95. The average Bonchev–Trinajstić information content (AvgIpc) is 2.40. The molecule has 5 heteroatoms. The fourth-order valence-electron chi connectivity index (χ4n) is 1.60. The number of benzene rings is 1. The number of likely N-dealkylation sites (N-methyl/N-ethyl adjacent to an activating group) is 1. The van der Waals surface area contributed by atoms with E-state index in [1.807, 2.05) is 31.2 Å². The Morgan fingerprint density at radius 2 is 1.90 bits per heavy atom. The molecule has 20 heavy (non-hydrogen) atoms. The largest absolute Gasteiger partial charge is 0.492 e. The van der Waals surface area contributed by atoms with Gasteiger partial charge in [0.1, 0.15) is 12.4 Å². The van der Waals surface area contributed by atoms with Crippen LogP contribution in [0.3, 0.4) is 0 Å². The quantitative estimate of drug-likeness (QED) is 0.819. The molecule has 1 N–H and O–H groups in total. The van der Waals surface area contributed by atoms with Crippen molar-refractivity contribution in [3.05, 3.63) is 29.8 Å². The van der Waals surface area contributed by atoms with Crippen LogP contribution in [0, 0.1) is 6.92 Å². The van der Waals surface area contributed by atoms with Crippen LogP contribution in [-0.4, -0.2) is 43.5 Å². The van der Waals surface area contributed by atoms with Crippen LogP contribution >= 0.6 is 0 Å². The molecule has 0 radical (unpaired) electrons. The highest BCUT2D eigenvalue weighted by Crippen LogP contribution is 2.11. The first-order valence-electron chi connectivity index (χ1n) is 6.67. The van der Waals surface area contributed by atoms with Gasteiger partial charge in [0, 0.05) is 26.9 Å². The van der Waals surface area contributed by atoms with Crippen LogP contribution in [0.25, 0.3) is 0 Å². The number of carbonyl (C=O) groups is 2. The van der Waals surface area contributed by atoms with Crippen LogP contribution in [0.2, 0.25) is 0 Å². The Labute approximate surface area is 119 Å². The summed E-state index contributed by atoms with van der Waals surface area (Å²) >= 11 is 0. The number of rotatable bonds is 7. The van der Waals surface area contributed by atoms with Gasteiger partial charge in [0.2, 0.25) is 11.8 Å². The van der Waals surface area contributed by atoms with Crippen molar-refractivity contribution in [2.24, 2.45) is 0 Å². The monoisotopic (exact) mass is 278 g/mol. The maximum Gasteiger partial charge on any atom is 0.224 e. The summed E-state index contributed by atoms with van der Waals surface area (Å²) in [5, 5.41) is 2.60. The molecule has 1 aromatic carbocycles. The molecule has 0 bridgehead atoms. The van der Waals surface area contributed by atoms with E-state index in [2.05, 4.69) is 5.32 Å². The van der Waals surface area contributed by atoms with Gasteiger partial charge < -0.3 is 15.0 Å². The predicted molar refractivity (Wildman–Crippen MR) is 77.6 cm³/mol. The number of nitrogens with one attached hydrogen (secondary N) is 1. The number of hydrogen-bond donors (Lipinski definition) is 1. The van der Waals surface area contributed by atoms with E-state index in [-0.39, 0.29) is 11.8 Å². The van der Waals surface area contributed by atoms with E-state index in [0.29, 0.717) is 26.1 Å². The van der Waals surface area contributed by atoms with Crippen molar-refractivity contribution in [2.45, 2.75) is 20.3 Å². The van der Waals surface area contributed by atoms with E-state index < -0.39 is 0 Å². The van der Waals surface area contributed by atoms with Crippen LogP contribution < -0.4 is 10.1 Å². The number of carbonyl (C=O) groups excluding carboxylic acids is 2. The predicted octanol–water partition coefficient (Wildman–Crippen LogP) is 1.36. The Bertz CT molecular complexity index is 443. The maximum atomic E-state index is 11.7. The van der Waals surface area contributed by atoms with Gasteiger partial charge in [0.05, 0.1) is 6.54 Å². The highest BCUT2D eigenvalue weighted by molar-refractivity contribution is 5.77. The summed E-state index contributed by atoms with van der Waals surface area (Å²) in [7, 11) is 1.73. The third kappa shape index (κ3) is 6.22. The molecule has 0 saturated carbocycles. The van der Waals surface area contributed by atoms with Gasteiger partial charge in [-0.25, -0.2) is 0 Å². The molecular formula is C15H22N2O3. The lowest BCUT2D eigenvalue weighted by Gasteiger charge is -2.17. The van der Waals surface area contributed by atoms with Crippen molar-refractivity contribution >= 4 is 11.8 Å². The van der Waals surface area contributed by atoms with Crippen LogP contribution in [0.4, 0.5) is 0 Å². The minimum atomic E-state index is -0.122. The van der Waals surface area contributed by atoms with E-state index in [0.717, 1.165) is 5.75 Å². The highest BCUT2D eigenvalue weighted by Gasteiger charge is 2.08. The zero-order valence-corrected chi connectivity index (χ0v) is 12.3. The van der Waals surface area contributed by atoms with Crippen LogP contribution in [0.5, 0.6) is 5.75 Å². The van der Waals surface area contributed by atoms with Crippen molar-refractivity contribution in [3.63, 3.8) is 0 Å².